The second-order valence-electron chi connectivity index (χ2n) is 7.01. The van der Waals surface area contributed by atoms with Crippen LogP contribution in [0.1, 0.15) is 18.4 Å². The lowest BCUT2D eigenvalue weighted by molar-refractivity contribution is 0.448. The summed E-state index contributed by atoms with van der Waals surface area (Å²) in [4.78, 5) is 21.2. The fourth-order valence-electron chi connectivity index (χ4n) is 3.88. The fraction of sp³-hybridized carbons (Fsp3) is 0.130. The number of nitrogen functional groups attached to an aromatic ring is 1. The third-order valence-corrected chi connectivity index (χ3v) is 5.23. The molecule has 0 saturated carbocycles. The molecule has 5 rings (SSSR count). The van der Waals surface area contributed by atoms with Gasteiger partial charge in [-0.1, -0.05) is 55.5 Å². The third kappa shape index (κ3) is 2.83. The SMILES string of the molecule is CCc1nn(Cc2oc(=O)c3ccccc3c2-c2ccccc2)c2ncnc(N)c12. The highest BCUT2D eigenvalue weighted by atomic mass is 16.4. The molecule has 3 aromatic heterocycles. The molecule has 7 heteroatoms. The van der Waals surface area contributed by atoms with Crippen molar-refractivity contribution in [3.05, 3.63) is 82.8 Å². The van der Waals surface area contributed by atoms with Crippen molar-refractivity contribution in [2.24, 2.45) is 0 Å². The van der Waals surface area contributed by atoms with Crippen LogP contribution in [0.25, 0.3) is 32.9 Å². The molecule has 2 aromatic carbocycles. The van der Waals surface area contributed by atoms with Crippen LogP contribution in [-0.2, 0) is 13.0 Å². The van der Waals surface area contributed by atoms with Gasteiger partial charge in [-0.25, -0.2) is 19.4 Å². The maximum Gasteiger partial charge on any atom is 0.343 e. The van der Waals surface area contributed by atoms with E-state index in [0.29, 0.717) is 29.0 Å². The average molecular weight is 397 g/mol. The van der Waals surface area contributed by atoms with E-state index >= 15 is 0 Å². The van der Waals surface area contributed by atoms with E-state index < -0.39 is 0 Å². The Morgan fingerprint density at radius 3 is 2.50 bits per heavy atom. The van der Waals surface area contributed by atoms with Gasteiger partial charge >= 0.3 is 5.63 Å². The van der Waals surface area contributed by atoms with E-state index in [-0.39, 0.29) is 12.2 Å². The van der Waals surface area contributed by atoms with Crippen molar-refractivity contribution < 1.29 is 4.42 Å². The summed E-state index contributed by atoms with van der Waals surface area (Å²) in [6, 6.07) is 17.4. The van der Waals surface area contributed by atoms with Crippen LogP contribution in [0.4, 0.5) is 5.82 Å². The zero-order valence-corrected chi connectivity index (χ0v) is 16.4. The first kappa shape index (κ1) is 18.1. The molecule has 0 unspecified atom stereocenters. The smallest absolute Gasteiger partial charge is 0.343 e. The van der Waals surface area contributed by atoms with Crippen molar-refractivity contribution in [1.29, 1.82) is 0 Å². The number of aromatic nitrogens is 4. The fourth-order valence-corrected chi connectivity index (χ4v) is 3.88. The van der Waals surface area contributed by atoms with E-state index in [4.69, 9.17) is 10.2 Å². The van der Waals surface area contributed by atoms with Crippen LogP contribution >= 0.6 is 0 Å². The van der Waals surface area contributed by atoms with Crippen molar-refractivity contribution in [3.63, 3.8) is 0 Å². The van der Waals surface area contributed by atoms with Gasteiger partial charge in [0.2, 0.25) is 0 Å². The van der Waals surface area contributed by atoms with Crippen molar-refractivity contribution in [2.45, 2.75) is 19.9 Å². The molecule has 0 spiro atoms. The number of anilines is 1. The van der Waals surface area contributed by atoms with Crippen molar-refractivity contribution in [3.8, 4) is 11.1 Å². The predicted molar refractivity (Wildman–Crippen MR) is 116 cm³/mol. The van der Waals surface area contributed by atoms with E-state index in [2.05, 4.69) is 15.1 Å². The van der Waals surface area contributed by atoms with Gasteiger partial charge < -0.3 is 10.2 Å². The van der Waals surface area contributed by atoms with E-state index in [9.17, 15) is 4.79 Å². The molecule has 0 radical (unpaired) electrons. The lowest BCUT2D eigenvalue weighted by Gasteiger charge is -2.12. The number of fused-ring (bicyclic) bond motifs is 2. The zero-order valence-electron chi connectivity index (χ0n) is 16.4. The Labute approximate surface area is 171 Å². The van der Waals surface area contributed by atoms with Gasteiger partial charge in [0.05, 0.1) is 16.5 Å². The van der Waals surface area contributed by atoms with Gasteiger partial charge in [-0.2, -0.15) is 5.10 Å². The summed E-state index contributed by atoms with van der Waals surface area (Å²) >= 11 is 0. The molecule has 3 heterocycles. The Hall–Kier alpha value is -4.00. The van der Waals surface area contributed by atoms with Gasteiger partial charge in [-0.15, -0.1) is 0 Å². The van der Waals surface area contributed by atoms with Gasteiger partial charge in [-0.05, 0) is 18.1 Å². The number of aryl methyl sites for hydroxylation is 1. The lowest BCUT2D eigenvalue weighted by Crippen LogP contribution is -2.10. The largest absolute Gasteiger partial charge is 0.425 e. The molecule has 30 heavy (non-hydrogen) atoms. The van der Waals surface area contributed by atoms with Crippen LogP contribution in [0.3, 0.4) is 0 Å². The van der Waals surface area contributed by atoms with Gasteiger partial charge in [-0.3, -0.25) is 0 Å². The Balaban J connectivity index is 1.78. The first-order valence-corrected chi connectivity index (χ1v) is 9.73. The highest BCUT2D eigenvalue weighted by molar-refractivity contribution is 5.96. The minimum atomic E-state index is -0.374. The number of hydrogen-bond donors (Lipinski definition) is 1. The standard InChI is InChI=1S/C23H19N5O2/c1-2-17-20-21(24)25-13-26-22(20)28(27-17)12-18-19(14-8-4-3-5-9-14)15-10-6-7-11-16(15)23(29)30-18/h3-11,13H,2,12H2,1H3,(H2,24,25,26). The zero-order chi connectivity index (χ0) is 20.7. The summed E-state index contributed by atoms with van der Waals surface area (Å²) < 4.78 is 7.54. The second kappa shape index (κ2) is 7.11. The quantitative estimate of drug-likeness (QED) is 0.495. The van der Waals surface area contributed by atoms with Crippen LogP contribution in [0, 0.1) is 0 Å². The van der Waals surface area contributed by atoms with Crippen LogP contribution < -0.4 is 11.4 Å². The first-order valence-electron chi connectivity index (χ1n) is 9.73. The summed E-state index contributed by atoms with van der Waals surface area (Å²) in [6.45, 7) is 2.25. The van der Waals surface area contributed by atoms with Crippen LogP contribution in [0.5, 0.6) is 0 Å². The minimum Gasteiger partial charge on any atom is -0.425 e. The predicted octanol–water partition coefficient (Wildman–Crippen LogP) is 3.79. The summed E-state index contributed by atoms with van der Waals surface area (Å²) in [5.74, 6) is 0.917. The molecule has 0 aliphatic heterocycles. The molecule has 0 aliphatic carbocycles. The minimum absolute atomic E-state index is 0.247. The Kier molecular flexibility index (Phi) is 4.28. The maximum atomic E-state index is 12.7. The van der Waals surface area contributed by atoms with E-state index in [1.54, 1.807) is 10.7 Å². The molecule has 0 atom stereocenters. The molecule has 5 aromatic rings. The van der Waals surface area contributed by atoms with Crippen molar-refractivity contribution in [1.82, 2.24) is 19.7 Å². The van der Waals surface area contributed by atoms with Gasteiger partial charge in [0, 0.05) is 10.9 Å². The van der Waals surface area contributed by atoms with E-state index in [0.717, 1.165) is 27.6 Å². The number of nitrogens with zero attached hydrogens (tertiary/aromatic N) is 4. The van der Waals surface area contributed by atoms with Gasteiger partial charge in [0.25, 0.3) is 0 Å². The Morgan fingerprint density at radius 1 is 1.00 bits per heavy atom. The summed E-state index contributed by atoms with van der Waals surface area (Å²) in [5.41, 5.74) is 8.98. The van der Waals surface area contributed by atoms with Gasteiger partial charge in [0.1, 0.15) is 24.5 Å². The first-order chi connectivity index (χ1) is 14.7. The average Bonchev–Trinajstić information content (AvgIpc) is 3.13. The Bertz CT molecular complexity index is 1440. The lowest BCUT2D eigenvalue weighted by atomic mass is 9.98. The molecule has 0 saturated heterocycles. The second-order valence-corrected chi connectivity index (χ2v) is 7.01. The highest BCUT2D eigenvalue weighted by Crippen LogP contribution is 2.32. The number of benzene rings is 2. The molecular formula is C23H19N5O2. The summed E-state index contributed by atoms with van der Waals surface area (Å²) in [7, 11) is 0. The maximum absolute atomic E-state index is 12.7. The van der Waals surface area contributed by atoms with E-state index in [1.807, 2.05) is 55.5 Å². The third-order valence-electron chi connectivity index (χ3n) is 5.23. The van der Waals surface area contributed by atoms with Crippen molar-refractivity contribution in [2.75, 3.05) is 5.73 Å². The topological polar surface area (TPSA) is 99.8 Å². The highest BCUT2D eigenvalue weighted by Gasteiger charge is 2.19. The van der Waals surface area contributed by atoms with Crippen LogP contribution in [0.15, 0.2) is 70.1 Å². The monoisotopic (exact) mass is 397 g/mol. The Morgan fingerprint density at radius 2 is 1.73 bits per heavy atom. The molecule has 0 amide bonds. The summed E-state index contributed by atoms with van der Waals surface area (Å²) in [5, 5.41) is 6.81. The number of hydrogen-bond acceptors (Lipinski definition) is 6. The molecular weight excluding hydrogens is 378 g/mol. The summed E-state index contributed by atoms with van der Waals surface area (Å²) in [6.07, 6.45) is 2.11. The normalized spacial score (nSPS) is 11.4. The molecule has 148 valence electrons. The molecule has 0 fully saturated rings. The van der Waals surface area contributed by atoms with Gasteiger partial charge in [0.15, 0.2) is 5.65 Å². The van der Waals surface area contributed by atoms with Crippen LogP contribution in [-0.4, -0.2) is 19.7 Å². The number of rotatable bonds is 4. The number of nitrogens with two attached hydrogens (primary N) is 1. The molecule has 2 N–H and O–H groups in total. The van der Waals surface area contributed by atoms with E-state index in [1.165, 1.54) is 6.33 Å². The molecule has 0 bridgehead atoms. The van der Waals surface area contributed by atoms with Crippen molar-refractivity contribution >= 4 is 27.6 Å². The van der Waals surface area contributed by atoms with Crippen LogP contribution in [0.2, 0.25) is 0 Å². The molecule has 0 aliphatic rings. The molecule has 7 nitrogen and oxygen atoms in total.